The van der Waals surface area contributed by atoms with E-state index in [9.17, 15) is 18.4 Å². The van der Waals surface area contributed by atoms with Gasteiger partial charge in [0, 0.05) is 31.0 Å². The van der Waals surface area contributed by atoms with Crippen LogP contribution in [0.1, 0.15) is 29.5 Å². The first-order valence-corrected chi connectivity index (χ1v) is 10.3. The maximum atomic E-state index is 13.8. The SMILES string of the molecule is C=C[C@H](NC(=O)c1coc(-c2ccc(OC)c3nc(C(C)(F)F)ccc23)n1)C(=O)N1CCC1. The summed E-state index contributed by atoms with van der Waals surface area (Å²) in [5, 5.41) is 3.06. The molecular weight excluding hydrogens is 434 g/mol. The smallest absolute Gasteiger partial charge is 0.286 e. The lowest BCUT2D eigenvalue weighted by Gasteiger charge is -2.33. The highest BCUT2D eigenvalue weighted by atomic mass is 19.3. The average Bonchev–Trinajstić information content (AvgIpc) is 3.24. The highest BCUT2D eigenvalue weighted by molar-refractivity contribution is 5.99. The summed E-state index contributed by atoms with van der Waals surface area (Å²) in [7, 11) is 1.41. The van der Waals surface area contributed by atoms with Gasteiger partial charge in [0.05, 0.1) is 7.11 Å². The molecule has 3 aromatic rings. The van der Waals surface area contributed by atoms with Crippen molar-refractivity contribution in [2.45, 2.75) is 25.3 Å². The molecule has 0 radical (unpaired) electrons. The van der Waals surface area contributed by atoms with E-state index in [0.717, 1.165) is 19.6 Å². The minimum absolute atomic E-state index is 0.0399. The molecule has 1 atom stereocenters. The van der Waals surface area contributed by atoms with Gasteiger partial charge in [-0.3, -0.25) is 9.59 Å². The molecule has 0 aliphatic carbocycles. The van der Waals surface area contributed by atoms with Gasteiger partial charge >= 0.3 is 0 Å². The minimum Gasteiger partial charge on any atom is -0.494 e. The van der Waals surface area contributed by atoms with E-state index in [2.05, 4.69) is 21.9 Å². The van der Waals surface area contributed by atoms with Gasteiger partial charge in [0.1, 0.15) is 29.3 Å². The van der Waals surface area contributed by atoms with Gasteiger partial charge in [-0.05, 0) is 30.7 Å². The molecule has 1 aliphatic heterocycles. The van der Waals surface area contributed by atoms with Crippen molar-refractivity contribution < 1.29 is 27.5 Å². The van der Waals surface area contributed by atoms with E-state index >= 15 is 0 Å². The fourth-order valence-electron chi connectivity index (χ4n) is 3.46. The van der Waals surface area contributed by atoms with Gasteiger partial charge < -0.3 is 19.4 Å². The zero-order valence-corrected chi connectivity index (χ0v) is 18.1. The first-order valence-electron chi connectivity index (χ1n) is 10.3. The van der Waals surface area contributed by atoms with Crippen molar-refractivity contribution in [2.75, 3.05) is 20.2 Å². The van der Waals surface area contributed by atoms with Crippen molar-refractivity contribution >= 4 is 22.7 Å². The molecule has 4 rings (SSSR count). The van der Waals surface area contributed by atoms with Gasteiger partial charge in [-0.2, -0.15) is 8.78 Å². The van der Waals surface area contributed by atoms with E-state index < -0.39 is 23.6 Å². The van der Waals surface area contributed by atoms with E-state index in [1.54, 1.807) is 17.0 Å². The van der Waals surface area contributed by atoms with Crippen LogP contribution in [0.5, 0.6) is 5.75 Å². The van der Waals surface area contributed by atoms with E-state index in [0.29, 0.717) is 29.8 Å². The Morgan fingerprint density at radius 2 is 2.03 bits per heavy atom. The molecule has 1 N–H and O–H groups in total. The van der Waals surface area contributed by atoms with Crippen molar-refractivity contribution in [3.63, 3.8) is 0 Å². The van der Waals surface area contributed by atoms with Crippen LogP contribution in [0.25, 0.3) is 22.4 Å². The molecule has 1 aliphatic rings. The van der Waals surface area contributed by atoms with Gasteiger partial charge in [0.15, 0.2) is 5.69 Å². The average molecular weight is 456 g/mol. The highest BCUT2D eigenvalue weighted by Gasteiger charge is 2.29. The van der Waals surface area contributed by atoms with E-state index in [-0.39, 0.29) is 23.0 Å². The Hall–Kier alpha value is -3.82. The number of rotatable bonds is 7. The Balaban J connectivity index is 1.63. The highest BCUT2D eigenvalue weighted by Crippen LogP contribution is 2.35. The number of pyridine rings is 1. The van der Waals surface area contributed by atoms with Gasteiger partial charge in [0.2, 0.25) is 11.8 Å². The van der Waals surface area contributed by atoms with Crippen LogP contribution >= 0.6 is 0 Å². The van der Waals surface area contributed by atoms with E-state index in [1.165, 1.54) is 25.3 Å². The second-order valence-electron chi connectivity index (χ2n) is 7.70. The van der Waals surface area contributed by atoms with Crippen LogP contribution < -0.4 is 10.1 Å². The maximum Gasteiger partial charge on any atom is 0.286 e. The number of benzene rings is 1. The number of halogens is 2. The van der Waals surface area contributed by atoms with Gasteiger partial charge in [-0.15, -0.1) is 6.58 Å². The van der Waals surface area contributed by atoms with Gasteiger partial charge in [-0.25, -0.2) is 9.97 Å². The van der Waals surface area contributed by atoms with Crippen LogP contribution in [-0.4, -0.2) is 52.9 Å². The number of hydrogen-bond donors (Lipinski definition) is 1. The third-order valence-corrected chi connectivity index (χ3v) is 5.41. The number of alkyl halides is 2. The summed E-state index contributed by atoms with van der Waals surface area (Å²) in [5.74, 6) is -3.56. The molecule has 172 valence electrons. The third-order valence-electron chi connectivity index (χ3n) is 5.41. The number of likely N-dealkylation sites (tertiary alicyclic amines) is 1. The molecule has 1 fully saturated rings. The molecule has 0 saturated carbocycles. The molecule has 1 saturated heterocycles. The normalized spacial score (nSPS) is 14.5. The van der Waals surface area contributed by atoms with Crippen LogP contribution in [0.3, 0.4) is 0 Å². The first-order chi connectivity index (χ1) is 15.7. The molecule has 2 aromatic heterocycles. The molecule has 3 heterocycles. The van der Waals surface area contributed by atoms with Crippen molar-refractivity contribution in [3.05, 3.63) is 54.6 Å². The summed E-state index contributed by atoms with van der Waals surface area (Å²) in [5.41, 5.74) is 0.215. The molecule has 8 nitrogen and oxygen atoms in total. The van der Waals surface area contributed by atoms with Crippen LogP contribution in [0.15, 0.2) is 47.6 Å². The fraction of sp³-hybridized carbons (Fsp3) is 0.304. The molecule has 0 spiro atoms. The Labute approximate surface area is 188 Å². The minimum atomic E-state index is -3.13. The van der Waals surface area contributed by atoms with Crippen molar-refractivity contribution in [1.29, 1.82) is 0 Å². The number of nitrogens with zero attached hydrogens (tertiary/aromatic N) is 3. The number of oxazole rings is 1. The molecule has 33 heavy (non-hydrogen) atoms. The zero-order chi connectivity index (χ0) is 23.8. The topological polar surface area (TPSA) is 97.6 Å². The largest absolute Gasteiger partial charge is 0.494 e. The van der Waals surface area contributed by atoms with Crippen LogP contribution in [0.2, 0.25) is 0 Å². The lowest BCUT2D eigenvalue weighted by molar-refractivity contribution is -0.135. The predicted molar refractivity (Wildman–Crippen MR) is 116 cm³/mol. The second-order valence-corrected chi connectivity index (χ2v) is 7.70. The molecule has 0 bridgehead atoms. The first kappa shape index (κ1) is 22.4. The van der Waals surface area contributed by atoms with Crippen LogP contribution in [-0.2, 0) is 10.7 Å². The second kappa shape index (κ2) is 8.61. The van der Waals surface area contributed by atoms with Crippen molar-refractivity contribution in [1.82, 2.24) is 20.2 Å². The summed E-state index contributed by atoms with van der Waals surface area (Å²) in [6.45, 7) is 5.68. The standard InChI is InChI=1S/C23H22F2N4O4/c1-4-15(22(31)29-10-5-11-29)26-20(30)16-12-33-21(27-16)14-6-8-17(32-3)19-13(14)7-9-18(28-19)23(2,24)25/h4,6-9,12,15H,1,5,10-11H2,2-3H3,(H,26,30)/t15-/m0/s1. The Morgan fingerprint density at radius 3 is 2.64 bits per heavy atom. The van der Waals surface area contributed by atoms with E-state index in [4.69, 9.17) is 9.15 Å². The van der Waals surface area contributed by atoms with Gasteiger partial charge in [-0.1, -0.05) is 6.08 Å². The number of aromatic nitrogens is 2. The summed E-state index contributed by atoms with van der Waals surface area (Å²) in [4.78, 5) is 34.9. The monoisotopic (exact) mass is 456 g/mol. The number of ether oxygens (including phenoxy) is 1. The number of nitrogens with one attached hydrogen (secondary N) is 1. The van der Waals surface area contributed by atoms with Crippen molar-refractivity contribution in [2.24, 2.45) is 0 Å². The summed E-state index contributed by atoms with van der Waals surface area (Å²) >= 11 is 0. The number of amides is 2. The number of carbonyl (C=O) groups is 2. The Kier molecular flexibility index (Phi) is 5.84. The maximum absolute atomic E-state index is 13.8. The molecule has 10 heteroatoms. The number of fused-ring (bicyclic) bond motifs is 1. The quantitative estimate of drug-likeness (QED) is 0.547. The molecule has 1 aromatic carbocycles. The molecule has 2 amide bonds. The number of carbonyl (C=O) groups excluding carboxylic acids is 2. The number of hydrogen-bond acceptors (Lipinski definition) is 6. The summed E-state index contributed by atoms with van der Waals surface area (Å²) < 4.78 is 38.3. The molecule has 0 unspecified atom stereocenters. The predicted octanol–water partition coefficient (Wildman–Crippen LogP) is 3.53. The number of methoxy groups -OCH3 is 1. The molecular formula is C23H22F2N4O4. The lowest BCUT2D eigenvalue weighted by atomic mass is 10.1. The summed E-state index contributed by atoms with van der Waals surface area (Å²) in [6, 6.07) is 5.03. The lowest BCUT2D eigenvalue weighted by Crippen LogP contribution is -2.52. The third kappa shape index (κ3) is 4.28. The van der Waals surface area contributed by atoms with Crippen LogP contribution in [0, 0.1) is 0 Å². The Morgan fingerprint density at radius 1 is 1.27 bits per heavy atom. The van der Waals surface area contributed by atoms with Gasteiger partial charge in [0.25, 0.3) is 11.8 Å². The van der Waals surface area contributed by atoms with Crippen molar-refractivity contribution in [3.8, 4) is 17.2 Å². The zero-order valence-electron chi connectivity index (χ0n) is 18.1. The van der Waals surface area contributed by atoms with Crippen LogP contribution in [0.4, 0.5) is 8.78 Å². The fourth-order valence-corrected chi connectivity index (χ4v) is 3.46. The summed E-state index contributed by atoms with van der Waals surface area (Å²) in [6.07, 6.45) is 3.46. The van der Waals surface area contributed by atoms with E-state index in [1.807, 2.05) is 0 Å². The Bertz CT molecular complexity index is 1230.